The van der Waals surface area contributed by atoms with Crippen LogP contribution in [-0.2, 0) is 4.74 Å². The van der Waals surface area contributed by atoms with Crippen molar-refractivity contribution in [1.29, 1.82) is 0 Å². The molecule has 6 heteroatoms. The van der Waals surface area contributed by atoms with Crippen molar-refractivity contribution in [2.45, 2.75) is 0 Å². The summed E-state index contributed by atoms with van der Waals surface area (Å²) in [7, 11) is 0. The van der Waals surface area contributed by atoms with Crippen LogP contribution in [0.3, 0.4) is 0 Å². The number of carbonyl (C=O) groups excluding carboxylic acids is 1. The molecule has 1 aromatic carbocycles. The summed E-state index contributed by atoms with van der Waals surface area (Å²) in [5, 5.41) is 7.86. The maximum atomic E-state index is 11.8. The van der Waals surface area contributed by atoms with Gasteiger partial charge in [0.2, 0.25) is 0 Å². The maximum absolute atomic E-state index is 11.8. The Hall–Kier alpha value is -2.05. The van der Waals surface area contributed by atoms with E-state index in [4.69, 9.17) is 10.5 Å². The second kappa shape index (κ2) is 6.15. The van der Waals surface area contributed by atoms with Crippen molar-refractivity contribution in [2.24, 2.45) is 5.92 Å². The van der Waals surface area contributed by atoms with Gasteiger partial charge in [0.15, 0.2) is 0 Å². The molecule has 110 valence electrons. The molecule has 1 aromatic heterocycles. The Morgan fingerprint density at radius 3 is 2.95 bits per heavy atom. The van der Waals surface area contributed by atoms with E-state index in [0.717, 1.165) is 23.5 Å². The third kappa shape index (κ3) is 3.34. The van der Waals surface area contributed by atoms with Crippen LogP contribution in [0, 0.1) is 5.92 Å². The summed E-state index contributed by atoms with van der Waals surface area (Å²) in [4.78, 5) is 12.9. The second-order valence-corrected chi connectivity index (χ2v) is 5.97. The molecule has 5 nitrogen and oxygen atoms in total. The van der Waals surface area contributed by atoms with Crippen LogP contribution < -0.4 is 16.4 Å². The van der Waals surface area contributed by atoms with Gasteiger partial charge < -0.3 is 15.8 Å². The predicted molar refractivity (Wildman–Crippen MR) is 85.5 cm³/mol. The third-order valence-electron chi connectivity index (χ3n) is 3.41. The number of nitrogens with two attached hydrogens (primary N) is 1. The number of carbonyl (C=O) groups is 1. The van der Waals surface area contributed by atoms with Gasteiger partial charge in [-0.3, -0.25) is 5.32 Å². The summed E-state index contributed by atoms with van der Waals surface area (Å²) < 4.78 is 5.19. The van der Waals surface area contributed by atoms with Crippen molar-refractivity contribution < 1.29 is 9.53 Å². The molecule has 0 atom stereocenters. The van der Waals surface area contributed by atoms with Crippen molar-refractivity contribution in [3.8, 4) is 10.4 Å². The minimum atomic E-state index is -0.461. The summed E-state index contributed by atoms with van der Waals surface area (Å²) in [5.41, 5.74) is 8.04. The van der Waals surface area contributed by atoms with Gasteiger partial charge in [0.05, 0.1) is 18.0 Å². The average molecular weight is 303 g/mol. The van der Waals surface area contributed by atoms with E-state index in [0.29, 0.717) is 23.9 Å². The molecule has 0 aliphatic carbocycles. The predicted octanol–water partition coefficient (Wildman–Crippen LogP) is 2.77. The van der Waals surface area contributed by atoms with E-state index in [2.05, 4.69) is 10.6 Å². The van der Waals surface area contributed by atoms with Gasteiger partial charge in [-0.25, -0.2) is 4.79 Å². The molecule has 0 radical (unpaired) electrons. The molecule has 0 bridgehead atoms. The van der Waals surface area contributed by atoms with Gasteiger partial charge in [-0.15, -0.1) is 11.3 Å². The molecule has 4 N–H and O–H groups in total. The Morgan fingerprint density at radius 2 is 2.29 bits per heavy atom. The highest BCUT2D eigenvalue weighted by atomic mass is 32.1. The van der Waals surface area contributed by atoms with Crippen molar-refractivity contribution in [2.75, 3.05) is 30.7 Å². The van der Waals surface area contributed by atoms with Gasteiger partial charge in [-0.1, -0.05) is 12.1 Å². The van der Waals surface area contributed by atoms with Crippen LogP contribution in [-0.4, -0.2) is 25.8 Å². The van der Waals surface area contributed by atoms with Crippen molar-refractivity contribution in [3.63, 3.8) is 0 Å². The third-order valence-corrected chi connectivity index (χ3v) is 4.33. The number of hydrogen-bond donors (Lipinski definition) is 3. The van der Waals surface area contributed by atoms with Crippen LogP contribution in [0.1, 0.15) is 0 Å². The lowest BCUT2D eigenvalue weighted by Gasteiger charge is -2.26. The molecule has 21 heavy (non-hydrogen) atoms. The van der Waals surface area contributed by atoms with Gasteiger partial charge in [-0.05, 0) is 29.1 Å². The number of anilines is 2. The average Bonchev–Trinajstić information content (AvgIpc) is 2.93. The SMILES string of the molecule is Nc1ccc(-c2cccs2)cc1NC(=O)OCC1CNC1. The molecule has 2 heterocycles. The highest BCUT2D eigenvalue weighted by Crippen LogP contribution is 2.30. The number of benzene rings is 1. The van der Waals surface area contributed by atoms with Crippen LogP contribution in [0.5, 0.6) is 0 Å². The van der Waals surface area contributed by atoms with Crippen LogP contribution in [0.15, 0.2) is 35.7 Å². The van der Waals surface area contributed by atoms with E-state index in [1.54, 1.807) is 17.4 Å². The summed E-state index contributed by atoms with van der Waals surface area (Å²) in [6.07, 6.45) is -0.461. The molecule has 1 fully saturated rings. The summed E-state index contributed by atoms with van der Waals surface area (Å²) in [6, 6.07) is 9.62. The zero-order valence-electron chi connectivity index (χ0n) is 11.5. The van der Waals surface area contributed by atoms with E-state index in [1.165, 1.54) is 0 Å². The molecule has 0 saturated carbocycles. The summed E-state index contributed by atoms with van der Waals surface area (Å²) in [6.45, 7) is 2.25. The Bertz CT molecular complexity index is 624. The van der Waals surface area contributed by atoms with E-state index in [-0.39, 0.29) is 0 Å². The largest absolute Gasteiger partial charge is 0.449 e. The number of rotatable bonds is 4. The van der Waals surface area contributed by atoms with Crippen LogP contribution in [0.4, 0.5) is 16.2 Å². The van der Waals surface area contributed by atoms with Gasteiger partial charge in [-0.2, -0.15) is 0 Å². The number of nitrogen functional groups attached to an aromatic ring is 1. The zero-order chi connectivity index (χ0) is 14.7. The van der Waals surface area contributed by atoms with Crippen molar-refractivity contribution >= 4 is 28.8 Å². The first kappa shape index (κ1) is 13.9. The van der Waals surface area contributed by atoms with Crippen molar-refractivity contribution in [3.05, 3.63) is 35.7 Å². The quantitative estimate of drug-likeness (QED) is 0.759. The molecular formula is C15H17N3O2S. The van der Waals surface area contributed by atoms with Crippen LogP contribution in [0.25, 0.3) is 10.4 Å². The molecule has 2 aromatic rings. The molecule has 1 saturated heterocycles. The fourth-order valence-corrected chi connectivity index (χ4v) is 2.79. The molecule has 0 unspecified atom stereocenters. The highest BCUT2D eigenvalue weighted by molar-refractivity contribution is 7.13. The van der Waals surface area contributed by atoms with Crippen LogP contribution in [0.2, 0.25) is 0 Å². The van der Waals surface area contributed by atoms with Gasteiger partial charge >= 0.3 is 6.09 Å². The first-order valence-corrected chi connectivity index (χ1v) is 7.68. The van der Waals surface area contributed by atoms with Crippen LogP contribution >= 0.6 is 11.3 Å². The molecule has 1 aliphatic heterocycles. The number of thiophene rings is 1. The molecule has 1 aliphatic rings. The number of nitrogens with one attached hydrogen (secondary N) is 2. The first-order valence-electron chi connectivity index (χ1n) is 6.80. The fraction of sp³-hybridized carbons (Fsp3) is 0.267. The fourth-order valence-electron chi connectivity index (χ4n) is 2.07. The summed E-state index contributed by atoms with van der Waals surface area (Å²) in [5.74, 6) is 0.422. The van der Waals surface area contributed by atoms with Gasteiger partial charge in [0.25, 0.3) is 0 Å². The number of ether oxygens (including phenoxy) is 1. The first-order chi connectivity index (χ1) is 10.2. The topological polar surface area (TPSA) is 76.4 Å². The lowest BCUT2D eigenvalue weighted by atomic mass is 10.1. The Labute approximate surface area is 127 Å². The molecule has 1 amide bonds. The minimum absolute atomic E-state index is 0.422. The molecular weight excluding hydrogens is 286 g/mol. The monoisotopic (exact) mass is 303 g/mol. The molecule has 3 rings (SSSR count). The maximum Gasteiger partial charge on any atom is 0.411 e. The highest BCUT2D eigenvalue weighted by Gasteiger charge is 2.18. The Kier molecular flexibility index (Phi) is 4.08. The minimum Gasteiger partial charge on any atom is -0.449 e. The van der Waals surface area contributed by atoms with E-state index >= 15 is 0 Å². The lowest BCUT2D eigenvalue weighted by molar-refractivity contribution is 0.124. The normalized spacial score (nSPS) is 14.5. The second-order valence-electron chi connectivity index (χ2n) is 5.03. The smallest absolute Gasteiger partial charge is 0.411 e. The zero-order valence-corrected chi connectivity index (χ0v) is 12.3. The number of hydrogen-bond acceptors (Lipinski definition) is 5. The lowest BCUT2D eigenvalue weighted by Crippen LogP contribution is -2.45. The number of amides is 1. The molecule has 0 spiro atoms. The van der Waals surface area contributed by atoms with Crippen molar-refractivity contribution in [1.82, 2.24) is 5.32 Å². The Morgan fingerprint density at radius 1 is 1.43 bits per heavy atom. The van der Waals surface area contributed by atoms with Gasteiger partial charge in [0.1, 0.15) is 0 Å². The standard InChI is InChI=1S/C15H17N3O2S/c16-12-4-3-11(14-2-1-5-21-14)6-13(12)18-15(19)20-9-10-7-17-8-10/h1-6,10,17H,7-9,16H2,(H,18,19). The Balaban J connectivity index is 1.66. The van der Waals surface area contributed by atoms with Gasteiger partial charge in [0, 0.05) is 23.9 Å². The summed E-state index contributed by atoms with van der Waals surface area (Å²) >= 11 is 1.64. The van der Waals surface area contributed by atoms with E-state index < -0.39 is 6.09 Å². The van der Waals surface area contributed by atoms with E-state index in [1.807, 2.05) is 29.6 Å². The van der Waals surface area contributed by atoms with E-state index in [9.17, 15) is 4.79 Å².